The van der Waals surface area contributed by atoms with Gasteiger partial charge in [-0.25, -0.2) is 4.98 Å². The van der Waals surface area contributed by atoms with E-state index in [4.69, 9.17) is 4.74 Å². The molecule has 0 unspecified atom stereocenters. The fraction of sp³-hybridized carbons (Fsp3) is 0.450. The molecule has 2 aliphatic rings. The van der Waals surface area contributed by atoms with Crippen LogP contribution in [0.25, 0.3) is 10.6 Å². The van der Waals surface area contributed by atoms with Gasteiger partial charge < -0.3 is 9.64 Å². The predicted molar refractivity (Wildman–Crippen MR) is 108 cm³/mol. The summed E-state index contributed by atoms with van der Waals surface area (Å²) in [4.78, 5) is 23.3. The molecule has 0 N–H and O–H groups in total. The zero-order chi connectivity index (χ0) is 19.7. The van der Waals surface area contributed by atoms with Crippen molar-refractivity contribution in [3.8, 4) is 22.5 Å². The number of thiazole rings is 1. The lowest BCUT2D eigenvalue weighted by molar-refractivity contribution is -0.127. The van der Waals surface area contributed by atoms with Gasteiger partial charge in [0, 0.05) is 26.2 Å². The van der Waals surface area contributed by atoms with Crippen molar-refractivity contribution in [2.45, 2.75) is 26.0 Å². The maximum Gasteiger partial charge on any atom is 0.246 e. The van der Waals surface area contributed by atoms with Crippen molar-refractivity contribution in [3.63, 3.8) is 0 Å². The number of ether oxygens (including phenoxy) is 1. The number of hydrogen-bond acceptors (Lipinski definition) is 7. The summed E-state index contributed by atoms with van der Waals surface area (Å²) in [5, 5.41) is 10.9. The van der Waals surface area contributed by atoms with Crippen molar-refractivity contribution in [1.29, 1.82) is 5.26 Å². The van der Waals surface area contributed by atoms with Gasteiger partial charge in [-0.3, -0.25) is 14.6 Å². The lowest BCUT2D eigenvalue weighted by Crippen LogP contribution is -2.64. The number of nitrogens with zero attached hydrogens (tertiary/aromatic N) is 5. The van der Waals surface area contributed by atoms with Crippen molar-refractivity contribution < 1.29 is 9.53 Å². The Balaban J connectivity index is 1.57. The first-order valence-corrected chi connectivity index (χ1v) is 10.3. The molecule has 3 heterocycles. The second-order valence-electron chi connectivity index (χ2n) is 7.25. The number of fused-ring (bicyclic) bond motifs is 1. The highest BCUT2D eigenvalue weighted by Crippen LogP contribution is 2.37. The first kappa shape index (κ1) is 18.7. The van der Waals surface area contributed by atoms with Crippen LogP contribution in [0, 0.1) is 11.5 Å². The normalized spacial score (nSPS) is 20.2. The Hall–Kier alpha value is -2.63. The number of piperazine rings is 2. The zero-order valence-corrected chi connectivity index (χ0v) is 16.9. The Bertz CT molecular complexity index is 906. The molecule has 8 heteroatoms. The summed E-state index contributed by atoms with van der Waals surface area (Å²) in [7, 11) is 0. The van der Waals surface area contributed by atoms with E-state index >= 15 is 0 Å². The number of carbonyl (C=O) groups is 1. The minimum Gasteiger partial charge on any atom is -0.490 e. The van der Waals surface area contributed by atoms with Crippen LogP contribution in [0.3, 0.4) is 0 Å². The topological polar surface area (TPSA) is 72.7 Å². The first-order chi connectivity index (χ1) is 13.6. The molecular weight excluding hydrogens is 374 g/mol. The van der Waals surface area contributed by atoms with E-state index in [1.165, 1.54) is 11.3 Å². The van der Waals surface area contributed by atoms with Gasteiger partial charge in [-0.1, -0.05) is 23.5 Å². The van der Waals surface area contributed by atoms with E-state index in [0.717, 1.165) is 34.4 Å². The van der Waals surface area contributed by atoms with Crippen LogP contribution in [-0.2, 0) is 4.79 Å². The average Bonchev–Trinajstić information content (AvgIpc) is 3.18. The molecular formula is C20H23N5O2S. The van der Waals surface area contributed by atoms with Crippen molar-refractivity contribution in [1.82, 2.24) is 14.8 Å². The molecule has 2 aliphatic heterocycles. The van der Waals surface area contributed by atoms with Gasteiger partial charge in [0.05, 0.1) is 24.4 Å². The minimum absolute atomic E-state index is 0.0492. The molecule has 2 fully saturated rings. The Morgan fingerprint density at radius 3 is 2.82 bits per heavy atom. The Labute approximate surface area is 168 Å². The molecule has 2 aromatic rings. The molecule has 146 valence electrons. The molecule has 1 aromatic heterocycles. The summed E-state index contributed by atoms with van der Waals surface area (Å²) in [6.07, 6.45) is 4.01. The van der Waals surface area contributed by atoms with Crippen LogP contribution in [0.5, 0.6) is 5.75 Å². The summed E-state index contributed by atoms with van der Waals surface area (Å²) < 4.78 is 5.91. The quantitative estimate of drug-likeness (QED) is 0.738. The standard InChI is InChI=1S/C20H23N5O2S/c1-14(2)27-17-6-4-3-5-15(17)19-22-11-18(28-19)25-10-9-24-8-7-23(13-21)12-16(24)20(25)26/h3-6,11,14,16H,7-10,12H2,1-2H3/t16-/m1/s1. The van der Waals surface area contributed by atoms with Gasteiger partial charge in [0.25, 0.3) is 0 Å². The Morgan fingerprint density at radius 2 is 2.04 bits per heavy atom. The predicted octanol–water partition coefficient (Wildman–Crippen LogP) is 2.41. The van der Waals surface area contributed by atoms with E-state index < -0.39 is 0 Å². The summed E-state index contributed by atoms with van der Waals surface area (Å²) in [6.45, 7) is 7.36. The number of aromatic nitrogens is 1. The van der Waals surface area contributed by atoms with Gasteiger partial charge in [0.15, 0.2) is 6.19 Å². The van der Waals surface area contributed by atoms with Crippen LogP contribution in [0.4, 0.5) is 5.00 Å². The van der Waals surface area contributed by atoms with Crippen molar-refractivity contribution in [2.75, 3.05) is 37.6 Å². The lowest BCUT2D eigenvalue weighted by Gasteiger charge is -2.44. The fourth-order valence-electron chi connectivity index (χ4n) is 3.67. The third-order valence-electron chi connectivity index (χ3n) is 5.03. The monoisotopic (exact) mass is 397 g/mol. The zero-order valence-electron chi connectivity index (χ0n) is 16.0. The van der Waals surface area contributed by atoms with Crippen LogP contribution < -0.4 is 9.64 Å². The molecule has 1 atom stereocenters. The van der Waals surface area contributed by atoms with Crippen LogP contribution in [0.2, 0.25) is 0 Å². The largest absolute Gasteiger partial charge is 0.490 e. The fourth-order valence-corrected chi connectivity index (χ4v) is 4.64. The summed E-state index contributed by atoms with van der Waals surface area (Å²) >= 11 is 1.50. The molecule has 0 aliphatic carbocycles. The molecule has 0 spiro atoms. The van der Waals surface area contributed by atoms with Crippen LogP contribution >= 0.6 is 11.3 Å². The number of para-hydroxylation sites is 1. The first-order valence-electron chi connectivity index (χ1n) is 9.49. The average molecular weight is 398 g/mol. The summed E-state index contributed by atoms with van der Waals surface area (Å²) in [6, 6.07) is 7.59. The van der Waals surface area contributed by atoms with Gasteiger partial charge >= 0.3 is 0 Å². The second-order valence-corrected chi connectivity index (χ2v) is 8.26. The van der Waals surface area contributed by atoms with E-state index in [0.29, 0.717) is 19.6 Å². The summed E-state index contributed by atoms with van der Waals surface area (Å²) in [5.41, 5.74) is 0.937. The van der Waals surface area contributed by atoms with Crippen LogP contribution in [-0.4, -0.2) is 65.6 Å². The number of amides is 1. The molecule has 0 saturated carbocycles. The third-order valence-corrected chi connectivity index (χ3v) is 6.09. The maximum atomic E-state index is 13.1. The Kier molecular flexibility index (Phi) is 5.20. The van der Waals surface area contributed by atoms with E-state index in [9.17, 15) is 10.1 Å². The molecule has 4 rings (SSSR count). The van der Waals surface area contributed by atoms with E-state index in [1.54, 1.807) is 11.1 Å². The highest BCUT2D eigenvalue weighted by molar-refractivity contribution is 7.19. The van der Waals surface area contributed by atoms with E-state index in [-0.39, 0.29) is 18.1 Å². The number of anilines is 1. The molecule has 0 radical (unpaired) electrons. The number of carbonyl (C=O) groups excluding carboxylic acids is 1. The van der Waals surface area contributed by atoms with Gasteiger partial charge in [-0.15, -0.1) is 0 Å². The molecule has 0 bridgehead atoms. The molecule has 2 saturated heterocycles. The van der Waals surface area contributed by atoms with E-state index in [2.05, 4.69) is 16.1 Å². The minimum atomic E-state index is -0.260. The molecule has 1 aromatic carbocycles. The summed E-state index contributed by atoms with van der Waals surface area (Å²) in [5.74, 6) is 0.847. The highest BCUT2D eigenvalue weighted by atomic mass is 32.1. The van der Waals surface area contributed by atoms with Gasteiger partial charge in [-0.2, -0.15) is 5.26 Å². The van der Waals surface area contributed by atoms with Crippen molar-refractivity contribution in [2.24, 2.45) is 0 Å². The third kappa shape index (κ3) is 3.55. The van der Waals surface area contributed by atoms with Gasteiger partial charge in [-0.05, 0) is 26.0 Å². The molecule has 28 heavy (non-hydrogen) atoms. The molecule has 1 amide bonds. The maximum absolute atomic E-state index is 13.1. The number of benzene rings is 1. The van der Waals surface area contributed by atoms with Crippen molar-refractivity contribution >= 4 is 22.2 Å². The highest BCUT2D eigenvalue weighted by Gasteiger charge is 2.39. The second kappa shape index (κ2) is 7.78. The van der Waals surface area contributed by atoms with Gasteiger partial charge in [0.1, 0.15) is 21.8 Å². The number of hydrogen-bond donors (Lipinski definition) is 0. The van der Waals surface area contributed by atoms with Crippen LogP contribution in [0.1, 0.15) is 13.8 Å². The van der Waals surface area contributed by atoms with Gasteiger partial charge in [0.2, 0.25) is 5.91 Å². The number of nitriles is 1. The van der Waals surface area contributed by atoms with Crippen molar-refractivity contribution in [3.05, 3.63) is 30.5 Å². The lowest BCUT2D eigenvalue weighted by atomic mass is 10.1. The number of rotatable bonds is 4. The smallest absolute Gasteiger partial charge is 0.246 e. The molecule has 7 nitrogen and oxygen atoms in total. The Morgan fingerprint density at radius 1 is 1.25 bits per heavy atom. The SMILES string of the molecule is CC(C)Oc1ccccc1-c1ncc(N2CCN3CCN(C#N)C[C@@H]3C2=O)s1. The van der Waals surface area contributed by atoms with Crippen LogP contribution in [0.15, 0.2) is 30.5 Å². The van der Waals surface area contributed by atoms with E-state index in [1.807, 2.05) is 43.0 Å².